The zero-order valence-electron chi connectivity index (χ0n) is 14.6. The molecular weight excluding hydrogens is 326 g/mol. The number of hydrogen-bond acceptors (Lipinski definition) is 4. The lowest BCUT2D eigenvalue weighted by Crippen LogP contribution is -2.33. The van der Waals surface area contributed by atoms with Gasteiger partial charge in [0.1, 0.15) is 29.0 Å². The minimum atomic E-state index is -0.734. The average Bonchev–Trinajstić information content (AvgIpc) is 2.56. The predicted octanol–water partition coefficient (Wildman–Crippen LogP) is 4.07. The van der Waals surface area contributed by atoms with Crippen molar-refractivity contribution in [3.63, 3.8) is 0 Å². The molecule has 2 aromatic rings. The van der Waals surface area contributed by atoms with Crippen molar-refractivity contribution in [3.05, 3.63) is 47.4 Å². The van der Waals surface area contributed by atoms with Crippen LogP contribution < -0.4 is 5.32 Å². The Kier molecular flexibility index (Phi) is 6.38. The van der Waals surface area contributed by atoms with Gasteiger partial charge in [-0.05, 0) is 31.9 Å². The quantitative estimate of drug-likeness (QED) is 0.819. The Labute approximate surface area is 146 Å². The number of nitrogens with zero attached hydrogens (tertiary/aromatic N) is 3. The smallest absolute Gasteiger partial charge is 0.272 e. The summed E-state index contributed by atoms with van der Waals surface area (Å²) in [6.07, 6.45) is 1.70. The van der Waals surface area contributed by atoms with Crippen molar-refractivity contribution in [2.75, 3.05) is 18.4 Å². The highest BCUT2D eigenvalue weighted by Gasteiger charge is 2.17. The molecule has 0 saturated carbocycles. The van der Waals surface area contributed by atoms with Crippen molar-refractivity contribution in [3.8, 4) is 0 Å². The number of aryl methyl sites for hydroxylation is 1. The molecule has 0 aliphatic carbocycles. The molecule has 1 aromatic carbocycles. The summed E-state index contributed by atoms with van der Waals surface area (Å²) in [7, 11) is 0. The first-order valence-corrected chi connectivity index (χ1v) is 8.31. The van der Waals surface area contributed by atoms with E-state index in [4.69, 9.17) is 0 Å². The average molecular weight is 348 g/mol. The van der Waals surface area contributed by atoms with Crippen LogP contribution in [0.2, 0.25) is 0 Å². The molecular formula is C18H22F2N4O. The van der Waals surface area contributed by atoms with Gasteiger partial charge in [-0.1, -0.05) is 13.8 Å². The number of hydrogen-bond donors (Lipinski definition) is 1. The Balaban J connectivity index is 2.28. The zero-order chi connectivity index (χ0) is 18.4. The van der Waals surface area contributed by atoms with Gasteiger partial charge >= 0.3 is 0 Å². The van der Waals surface area contributed by atoms with Gasteiger partial charge in [0.2, 0.25) is 0 Å². The van der Waals surface area contributed by atoms with Crippen LogP contribution in [0.15, 0.2) is 24.3 Å². The Hall–Kier alpha value is -2.57. The molecule has 0 radical (unpaired) electrons. The molecule has 0 aliphatic heterocycles. The number of carbonyl (C=O) groups is 1. The van der Waals surface area contributed by atoms with E-state index in [9.17, 15) is 13.6 Å². The van der Waals surface area contributed by atoms with Crippen molar-refractivity contribution < 1.29 is 13.6 Å². The first kappa shape index (κ1) is 18.8. The lowest BCUT2D eigenvalue weighted by Gasteiger charge is -2.21. The van der Waals surface area contributed by atoms with Crippen LogP contribution in [0, 0.1) is 18.6 Å². The molecule has 0 unspecified atom stereocenters. The summed E-state index contributed by atoms with van der Waals surface area (Å²) in [5.74, 6) is -0.898. The molecule has 5 nitrogen and oxygen atoms in total. The van der Waals surface area contributed by atoms with E-state index in [2.05, 4.69) is 15.3 Å². The molecule has 0 atom stereocenters. The highest BCUT2D eigenvalue weighted by molar-refractivity contribution is 5.93. The third-order valence-electron chi connectivity index (χ3n) is 3.53. The van der Waals surface area contributed by atoms with Crippen molar-refractivity contribution in [2.24, 2.45) is 0 Å². The highest BCUT2D eigenvalue weighted by Crippen LogP contribution is 2.20. The molecule has 0 bridgehead atoms. The largest absolute Gasteiger partial charge is 0.338 e. The maximum absolute atomic E-state index is 13.8. The van der Waals surface area contributed by atoms with Gasteiger partial charge < -0.3 is 10.2 Å². The van der Waals surface area contributed by atoms with Gasteiger partial charge in [-0.15, -0.1) is 0 Å². The fourth-order valence-electron chi connectivity index (χ4n) is 2.49. The monoisotopic (exact) mass is 348 g/mol. The summed E-state index contributed by atoms with van der Waals surface area (Å²) in [4.78, 5) is 22.8. The van der Waals surface area contributed by atoms with Crippen molar-refractivity contribution in [2.45, 2.75) is 33.6 Å². The highest BCUT2D eigenvalue weighted by atomic mass is 19.1. The molecule has 1 heterocycles. The minimum Gasteiger partial charge on any atom is -0.338 e. The van der Waals surface area contributed by atoms with E-state index in [0.29, 0.717) is 18.9 Å². The number of aromatic nitrogens is 2. The normalized spacial score (nSPS) is 10.6. The lowest BCUT2D eigenvalue weighted by molar-refractivity contribution is 0.0749. The molecule has 2 rings (SSSR count). The molecule has 1 amide bonds. The van der Waals surface area contributed by atoms with E-state index < -0.39 is 11.6 Å². The molecule has 0 fully saturated rings. The molecule has 0 saturated heterocycles. The Bertz CT molecular complexity index is 746. The number of amides is 1. The summed E-state index contributed by atoms with van der Waals surface area (Å²) in [6.45, 7) is 6.96. The van der Waals surface area contributed by atoms with Crippen LogP contribution in [0.25, 0.3) is 0 Å². The van der Waals surface area contributed by atoms with E-state index in [1.807, 2.05) is 13.8 Å². The second-order valence-electron chi connectivity index (χ2n) is 5.73. The molecule has 134 valence electrons. The third-order valence-corrected chi connectivity index (χ3v) is 3.53. The standard InChI is InChI=1S/C18H22F2N4O/c1-4-8-24(9-5-2)18(25)16-11-17(22-12(3)21-16)23-15-7-6-13(19)10-14(15)20/h6-7,10-11H,4-5,8-9H2,1-3H3,(H,21,22,23). The van der Waals surface area contributed by atoms with Gasteiger partial charge in [0.15, 0.2) is 0 Å². The number of halogens is 2. The van der Waals surface area contributed by atoms with E-state index >= 15 is 0 Å². The van der Waals surface area contributed by atoms with Crippen molar-refractivity contribution in [1.29, 1.82) is 0 Å². The fourth-order valence-corrected chi connectivity index (χ4v) is 2.49. The molecule has 0 spiro atoms. The van der Waals surface area contributed by atoms with Crippen LogP contribution in [0.4, 0.5) is 20.3 Å². The van der Waals surface area contributed by atoms with Gasteiger partial charge in [-0.2, -0.15) is 0 Å². The van der Waals surface area contributed by atoms with Gasteiger partial charge in [0.05, 0.1) is 5.69 Å². The summed E-state index contributed by atoms with van der Waals surface area (Å²) < 4.78 is 26.8. The Morgan fingerprint density at radius 2 is 1.80 bits per heavy atom. The predicted molar refractivity (Wildman–Crippen MR) is 92.9 cm³/mol. The van der Waals surface area contributed by atoms with Crippen LogP contribution in [0.5, 0.6) is 0 Å². The summed E-state index contributed by atoms with van der Waals surface area (Å²) in [5.41, 5.74) is 0.330. The number of rotatable bonds is 7. The van der Waals surface area contributed by atoms with E-state index in [-0.39, 0.29) is 23.1 Å². The number of carbonyl (C=O) groups excluding carboxylic acids is 1. The first-order chi connectivity index (χ1) is 11.9. The van der Waals surface area contributed by atoms with Crippen LogP contribution in [0.1, 0.15) is 43.0 Å². The third kappa shape index (κ3) is 4.95. The van der Waals surface area contributed by atoms with Crippen LogP contribution in [-0.4, -0.2) is 33.9 Å². The zero-order valence-corrected chi connectivity index (χ0v) is 14.6. The molecule has 0 aliphatic rings. The molecule has 1 N–H and O–H groups in total. The summed E-state index contributed by atoms with van der Waals surface area (Å²) in [6, 6.07) is 4.70. The Morgan fingerprint density at radius 3 is 2.40 bits per heavy atom. The fraction of sp³-hybridized carbons (Fsp3) is 0.389. The lowest BCUT2D eigenvalue weighted by atomic mass is 10.2. The first-order valence-electron chi connectivity index (χ1n) is 8.31. The van der Waals surface area contributed by atoms with Crippen molar-refractivity contribution >= 4 is 17.4 Å². The minimum absolute atomic E-state index is 0.0804. The SMILES string of the molecule is CCCN(CCC)C(=O)c1cc(Nc2ccc(F)cc2F)nc(C)n1. The Morgan fingerprint density at radius 1 is 1.12 bits per heavy atom. The molecule has 7 heteroatoms. The molecule has 1 aromatic heterocycles. The van der Waals surface area contributed by atoms with Crippen molar-refractivity contribution in [1.82, 2.24) is 14.9 Å². The maximum atomic E-state index is 13.8. The maximum Gasteiger partial charge on any atom is 0.272 e. The number of benzene rings is 1. The molecule has 25 heavy (non-hydrogen) atoms. The summed E-state index contributed by atoms with van der Waals surface area (Å²) in [5, 5.41) is 2.77. The van der Waals surface area contributed by atoms with Crippen LogP contribution >= 0.6 is 0 Å². The van der Waals surface area contributed by atoms with Crippen LogP contribution in [-0.2, 0) is 0 Å². The second-order valence-corrected chi connectivity index (χ2v) is 5.73. The summed E-state index contributed by atoms with van der Waals surface area (Å²) >= 11 is 0. The number of nitrogens with one attached hydrogen (secondary N) is 1. The van der Waals surface area contributed by atoms with Gasteiger partial charge in [0, 0.05) is 25.2 Å². The van der Waals surface area contributed by atoms with Gasteiger partial charge in [-0.25, -0.2) is 18.7 Å². The van der Waals surface area contributed by atoms with Gasteiger partial charge in [-0.3, -0.25) is 4.79 Å². The van der Waals surface area contributed by atoms with Gasteiger partial charge in [0.25, 0.3) is 5.91 Å². The van der Waals surface area contributed by atoms with Crippen LogP contribution in [0.3, 0.4) is 0 Å². The van der Waals surface area contributed by atoms with E-state index in [1.54, 1.807) is 11.8 Å². The van der Waals surface area contributed by atoms with E-state index in [1.165, 1.54) is 12.1 Å². The van der Waals surface area contributed by atoms with E-state index in [0.717, 1.165) is 25.0 Å². The second kappa shape index (κ2) is 8.50. The topological polar surface area (TPSA) is 58.1 Å². The number of anilines is 2.